The van der Waals surface area contributed by atoms with Gasteiger partial charge in [-0.05, 0) is 24.1 Å². The summed E-state index contributed by atoms with van der Waals surface area (Å²) in [6, 6.07) is 8.48. The lowest BCUT2D eigenvalue weighted by molar-refractivity contribution is 0.698. The van der Waals surface area contributed by atoms with Crippen molar-refractivity contribution < 1.29 is 0 Å². The zero-order chi connectivity index (χ0) is 13.8. The lowest BCUT2D eigenvalue weighted by Crippen LogP contribution is -2.07. The van der Waals surface area contributed by atoms with Crippen LogP contribution in [0.25, 0.3) is 0 Å². The van der Waals surface area contributed by atoms with Gasteiger partial charge in [-0.3, -0.25) is 0 Å². The zero-order valence-corrected chi connectivity index (χ0v) is 13.0. The molecule has 0 aliphatic heterocycles. The number of nitrogens with zero attached hydrogens (tertiary/aromatic N) is 3. The molecule has 0 aliphatic rings. The van der Waals surface area contributed by atoms with Crippen molar-refractivity contribution in [2.45, 2.75) is 28.6 Å². The molecule has 0 spiro atoms. The van der Waals surface area contributed by atoms with Crippen LogP contribution in [0, 0.1) is 0 Å². The van der Waals surface area contributed by atoms with E-state index < -0.39 is 0 Å². The average Bonchev–Trinajstić information content (AvgIpc) is 2.87. The molecule has 19 heavy (non-hydrogen) atoms. The molecule has 1 aromatic carbocycles. The molecule has 0 radical (unpaired) electrons. The van der Waals surface area contributed by atoms with Gasteiger partial charge in [0.15, 0.2) is 4.34 Å². The third-order valence-electron chi connectivity index (χ3n) is 2.73. The van der Waals surface area contributed by atoms with E-state index in [9.17, 15) is 0 Å². The fourth-order valence-corrected chi connectivity index (χ4v) is 3.28. The number of aromatic nitrogens is 2. The van der Waals surface area contributed by atoms with E-state index in [1.807, 2.05) is 19.0 Å². The summed E-state index contributed by atoms with van der Waals surface area (Å²) < 4.78 is 0.955. The molecule has 1 heterocycles. The van der Waals surface area contributed by atoms with E-state index in [1.165, 1.54) is 5.56 Å². The van der Waals surface area contributed by atoms with Crippen molar-refractivity contribution in [1.29, 1.82) is 0 Å². The molecule has 0 fully saturated rings. The molecular formula is C13H18N4S2. The zero-order valence-electron chi connectivity index (χ0n) is 11.3. The Labute approximate surface area is 122 Å². The fraction of sp³-hybridized carbons (Fsp3) is 0.385. The average molecular weight is 294 g/mol. The third-order valence-corrected chi connectivity index (χ3v) is 4.88. The number of hydrogen-bond acceptors (Lipinski definition) is 6. The number of benzene rings is 1. The molecule has 0 saturated heterocycles. The maximum atomic E-state index is 6.00. The first-order valence-corrected chi connectivity index (χ1v) is 7.77. The second-order valence-corrected chi connectivity index (χ2v) is 6.71. The molecule has 2 rings (SSSR count). The van der Waals surface area contributed by atoms with Crippen molar-refractivity contribution in [3.8, 4) is 0 Å². The molecule has 2 N–H and O–H groups in total. The van der Waals surface area contributed by atoms with Gasteiger partial charge in [-0.1, -0.05) is 42.2 Å². The second kappa shape index (κ2) is 6.36. The molecule has 1 aromatic heterocycles. The maximum absolute atomic E-state index is 6.00. The predicted molar refractivity (Wildman–Crippen MR) is 82.0 cm³/mol. The SMILES string of the molecule is CCC(N)c1ccc(Sc2nnc(N(C)C)s2)cc1. The van der Waals surface area contributed by atoms with Gasteiger partial charge >= 0.3 is 0 Å². The van der Waals surface area contributed by atoms with E-state index in [2.05, 4.69) is 41.4 Å². The van der Waals surface area contributed by atoms with Gasteiger partial charge in [0.1, 0.15) is 0 Å². The molecule has 1 atom stereocenters. The van der Waals surface area contributed by atoms with E-state index >= 15 is 0 Å². The number of hydrogen-bond donors (Lipinski definition) is 1. The smallest absolute Gasteiger partial charge is 0.208 e. The molecule has 102 valence electrons. The molecule has 1 unspecified atom stereocenters. The van der Waals surface area contributed by atoms with Gasteiger partial charge in [0.2, 0.25) is 5.13 Å². The minimum absolute atomic E-state index is 0.126. The second-order valence-electron chi connectivity index (χ2n) is 4.43. The Morgan fingerprint density at radius 3 is 2.47 bits per heavy atom. The summed E-state index contributed by atoms with van der Waals surface area (Å²) in [7, 11) is 3.94. The summed E-state index contributed by atoms with van der Waals surface area (Å²) in [5.74, 6) is 0. The number of rotatable bonds is 5. The molecule has 0 amide bonds. The van der Waals surface area contributed by atoms with Crippen LogP contribution in [0.5, 0.6) is 0 Å². The first-order valence-electron chi connectivity index (χ1n) is 6.14. The van der Waals surface area contributed by atoms with Crippen molar-refractivity contribution in [2.75, 3.05) is 19.0 Å². The third kappa shape index (κ3) is 3.68. The Morgan fingerprint density at radius 2 is 1.95 bits per heavy atom. The van der Waals surface area contributed by atoms with E-state index in [1.54, 1.807) is 23.1 Å². The summed E-state index contributed by atoms with van der Waals surface area (Å²) in [5, 5.41) is 9.22. The monoisotopic (exact) mass is 294 g/mol. The van der Waals surface area contributed by atoms with Crippen LogP contribution >= 0.6 is 23.1 Å². The van der Waals surface area contributed by atoms with Gasteiger partial charge in [0.05, 0.1) is 0 Å². The van der Waals surface area contributed by atoms with Crippen LogP contribution in [0.1, 0.15) is 24.9 Å². The van der Waals surface area contributed by atoms with Gasteiger partial charge < -0.3 is 10.6 Å². The highest BCUT2D eigenvalue weighted by molar-refractivity contribution is 8.01. The molecule has 4 nitrogen and oxygen atoms in total. The van der Waals surface area contributed by atoms with Gasteiger partial charge in [-0.2, -0.15) is 0 Å². The van der Waals surface area contributed by atoms with Crippen LogP contribution < -0.4 is 10.6 Å². The van der Waals surface area contributed by atoms with Crippen LogP contribution in [0.15, 0.2) is 33.5 Å². The fourth-order valence-electron chi connectivity index (χ4n) is 1.54. The molecular weight excluding hydrogens is 276 g/mol. The lowest BCUT2D eigenvalue weighted by atomic mass is 10.1. The van der Waals surface area contributed by atoms with Crippen LogP contribution in [0.2, 0.25) is 0 Å². The Bertz CT molecular complexity index is 522. The first-order chi connectivity index (χ1) is 9.10. The molecule has 0 bridgehead atoms. The Balaban J connectivity index is 2.06. The Morgan fingerprint density at radius 1 is 1.26 bits per heavy atom. The number of nitrogens with two attached hydrogens (primary N) is 1. The van der Waals surface area contributed by atoms with Crippen molar-refractivity contribution in [2.24, 2.45) is 5.73 Å². The lowest BCUT2D eigenvalue weighted by Gasteiger charge is -2.09. The topological polar surface area (TPSA) is 55.0 Å². The van der Waals surface area contributed by atoms with Crippen LogP contribution in [0.3, 0.4) is 0 Å². The normalized spacial score (nSPS) is 12.4. The predicted octanol–water partition coefficient (Wildman–Crippen LogP) is 3.17. The summed E-state index contributed by atoms with van der Waals surface area (Å²) in [6.45, 7) is 2.09. The summed E-state index contributed by atoms with van der Waals surface area (Å²) in [4.78, 5) is 3.12. The molecule has 0 saturated carbocycles. The highest BCUT2D eigenvalue weighted by Gasteiger charge is 2.08. The van der Waals surface area contributed by atoms with Gasteiger partial charge in [0.25, 0.3) is 0 Å². The molecule has 0 aliphatic carbocycles. The largest absolute Gasteiger partial charge is 0.353 e. The quantitative estimate of drug-likeness (QED) is 0.918. The van der Waals surface area contributed by atoms with Crippen molar-refractivity contribution in [3.05, 3.63) is 29.8 Å². The summed E-state index contributed by atoms with van der Waals surface area (Å²) >= 11 is 3.22. The van der Waals surface area contributed by atoms with Gasteiger partial charge in [0, 0.05) is 25.0 Å². The maximum Gasteiger partial charge on any atom is 0.208 e. The van der Waals surface area contributed by atoms with Crippen LogP contribution in [-0.4, -0.2) is 24.3 Å². The van der Waals surface area contributed by atoms with Crippen LogP contribution in [-0.2, 0) is 0 Å². The molecule has 6 heteroatoms. The Kier molecular flexibility index (Phi) is 4.79. The summed E-state index contributed by atoms with van der Waals surface area (Å²) in [6.07, 6.45) is 0.953. The van der Waals surface area contributed by atoms with Crippen molar-refractivity contribution in [1.82, 2.24) is 10.2 Å². The minimum Gasteiger partial charge on any atom is -0.353 e. The number of anilines is 1. The highest BCUT2D eigenvalue weighted by Crippen LogP contribution is 2.33. The first kappa shape index (κ1) is 14.3. The summed E-state index contributed by atoms with van der Waals surface area (Å²) in [5.41, 5.74) is 7.18. The van der Waals surface area contributed by atoms with Gasteiger partial charge in [-0.15, -0.1) is 10.2 Å². The van der Waals surface area contributed by atoms with E-state index in [0.29, 0.717) is 0 Å². The van der Waals surface area contributed by atoms with Crippen molar-refractivity contribution >= 4 is 28.2 Å². The Hall–Kier alpha value is -1.11. The van der Waals surface area contributed by atoms with E-state index in [4.69, 9.17) is 5.73 Å². The standard InChI is InChI=1S/C13H18N4S2/c1-4-11(14)9-5-7-10(8-6-9)18-13-16-15-12(19-13)17(2)3/h5-8,11H,4,14H2,1-3H3. The highest BCUT2D eigenvalue weighted by atomic mass is 32.2. The van der Waals surface area contributed by atoms with Gasteiger partial charge in [-0.25, -0.2) is 0 Å². The van der Waals surface area contributed by atoms with E-state index in [-0.39, 0.29) is 6.04 Å². The van der Waals surface area contributed by atoms with Crippen LogP contribution in [0.4, 0.5) is 5.13 Å². The van der Waals surface area contributed by atoms with E-state index in [0.717, 1.165) is 20.8 Å². The van der Waals surface area contributed by atoms with Crippen molar-refractivity contribution in [3.63, 3.8) is 0 Å². The minimum atomic E-state index is 0.126. The molecule has 2 aromatic rings.